The number of piperidine rings is 1. The van der Waals surface area contributed by atoms with E-state index in [4.69, 9.17) is 0 Å². The number of hydrogen-bond acceptors (Lipinski definition) is 6. The summed E-state index contributed by atoms with van der Waals surface area (Å²) in [6.45, 7) is 6.21. The molecule has 164 valence electrons. The molecule has 2 aromatic rings. The summed E-state index contributed by atoms with van der Waals surface area (Å²) >= 11 is 0. The average Bonchev–Trinajstić information content (AvgIpc) is 3.15. The molecule has 0 aliphatic carbocycles. The smallest absolute Gasteiger partial charge is 0.272 e. The topological polar surface area (TPSA) is 99.2 Å². The summed E-state index contributed by atoms with van der Waals surface area (Å²) in [6, 6.07) is 9.80. The van der Waals surface area contributed by atoms with E-state index in [1.54, 1.807) is 18.5 Å². The lowest BCUT2D eigenvalue weighted by Gasteiger charge is -2.31. The zero-order valence-corrected chi connectivity index (χ0v) is 18.0. The van der Waals surface area contributed by atoms with Crippen LogP contribution in [0.1, 0.15) is 59.1 Å². The summed E-state index contributed by atoms with van der Waals surface area (Å²) in [7, 11) is 0. The van der Waals surface area contributed by atoms with Gasteiger partial charge in [-0.05, 0) is 51.0 Å². The molecule has 8 nitrogen and oxygen atoms in total. The molecule has 2 fully saturated rings. The first-order chi connectivity index (χ1) is 15.0. The van der Waals surface area contributed by atoms with Gasteiger partial charge in [-0.15, -0.1) is 0 Å². The van der Waals surface area contributed by atoms with E-state index in [1.165, 1.54) is 0 Å². The van der Waals surface area contributed by atoms with E-state index in [2.05, 4.69) is 40.0 Å². The number of hydrogen-bond donors (Lipinski definition) is 3. The van der Waals surface area contributed by atoms with Crippen LogP contribution in [0.3, 0.4) is 0 Å². The molecule has 2 unspecified atom stereocenters. The number of aromatic nitrogens is 2. The molecule has 4 heterocycles. The van der Waals surface area contributed by atoms with Crippen molar-refractivity contribution in [3.05, 3.63) is 59.7 Å². The normalized spacial score (nSPS) is 24.2. The fraction of sp³-hybridized carbons (Fsp3) is 0.478. The lowest BCUT2D eigenvalue weighted by molar-refractivity contribution is 0.0705. The summed E-state index contributed by atoms with van der Waals surface area (Å²) < 4.78 is 0. The number of amides is 2. The second kappa shape index (κ2) is 9.53. The van der Waals surface area contributed by atoms with Gasteiger partial charge in [0.2, 0.25) is 0 Å². The summed E-state index contributed by atoms with van der Waals surface area (Å²) in [5.41, 5.74) is 8.45. The summed E-state index contributed by atoms with van der Waals surface area (Å²) in [5.74, 6) is 0.522. The fourth-order valence-corrected chi connectivity index (χ4v) is 4.39. The maximum absolute atomic E-state index is 12.6. The highest BCUT2D eigenvalue weighted by molar-refractivity contribution is 5.94. The van der Waals surface area contributed by atoms with Crippen molar-refractivity contribution < 1.29 is 9.59 Å². The van der Waals surface area contributed by atoms with Gasteiger partial charge in [-0.3, -0.25) is 30.4 Å². The van der Waals surface area contributed by atoms with Gasteiger partial charge in [-0.2, -0.15) is 0 Å². The van der Waals surface area contributed by atoms with E-state index < -0.39 is 0 Å². The molecule has 2 atom stereocenters. The number of carbonyl (C=O) groups excluding carboxylic acids is 2. The molecule has 4 rings (SSSR count). The summed E-state index contributed by atoms with van der Waals surface area (Å²) in [5, 5.41) is 3.03. The van der Waals surface area contributed by atoms with Crippen LogP contribution in [0.25, 0.3) is 0 Å². The van der Waals surface area contributed by atoms with Crippen LogP contribution in [0.5, 0.6) is 0 Å². The van der Waals surface area contributed by atoms with Crippen LogP contribution in [0, 0.1) is 5.92 Å². The van der Waals surface area contributed by atoms with E-state index in [1.807, 2.05) is 29.2 Å². The van der Waals surface area contributed by atoms with E-state index in [0.717, 1.165) is 18.5 Å². The molecular weight excluding hydrogens is 392 g/mol. The van der Waals surface area contributed by atoms with Crippen molar-refractivity contribution in [1.29, 1.82) is 0 Å². The molecule has 0 aromatic carbocycles. The zero-order chi connectivity index (χ0) is 21.8. The van der Waals surface area contributed by atoms with E-state index in [-0.39, 0.29) is 11.8 Å². The van der Waals surface area contributed by atoms with Crippen LogP contribution in [-0.2, 0) is 0 Å². The second-order valence-corrected chi connectivity index (χ2v) is 8.49. The molecule has 2 amide bonds. The third-order valence-electron chi connectivity index (χ3n) is 6.45. The third-order valence-corrected chi connectivity index (χ3v) is 6.45. The second-order valence-electron chi connectivity index (χ2n) is 8.49. The number of hydrazine groups is 1. The molecule has 2 saturated heterocycles. The predicted octanol–water partition coefficient (Wildman–Crippen LogP) is 1.73. The molecule has 2 aliphatic heterocycles. The molecule has 8 heteroatoms. The average molecular weight is 423 g/mol. The molecular formula is C23H30N6O2. The minimum atomic E-state index is -0.0962. The first-order valence-corrected chi connectivity index (χ1v) is 11.0. The lowest BCUT2D eigenvalue weighted by Crippen LogP contribution is -2.38. The van der Waals surface area contributed by atoms with Crippen LogP contribution >= 0.6 is 0 Å². The Kier molecular flexibility index (Phi) is 6.58. The maximum Gasteiger partial charge on any atom is 0.272 e. The van der Waals surface area contributed by atoms with Gasteiger partial charge in [-0.25, -0.2) is 0 Å². The number of carbonyl (C=O) groups is 2. The standard InChI is InChI=1S/C23H30N6O2/c1-15-19(16(2)28-27-15)14-26-22(30)18-6-7-20(25-13-18)17-8-11-29(12-9-17)23(31)21-5-3-4-10-24-21/h3-7,10,13,15-17,19,27-28H,8-9,11-12,14H2,1-2H3,(H,26,30). The van der Waals surface area contributed by atoms with Gasteiger partial charge in [0.05, 0.1) is 5.56 Å². The number of nitrogens with zero attached hydrogens (tertiary/aromatic N) is 3. The number of nitrogens with one attached hydrogen (secondary N) is 3. The molecule has 31 heavy (non-hydrogen) atoms. The number of pyridine rings is 2. The number of likely N-dealkylation sites (tertiary alicyclic amines) is 1. The van der Waals surface area contributed by atoms with Gasteiger partial charge in [0.25, 0.3) is 11.8 Å². The highest BCUT2D eigenvalue weighted by atomic mass is 16.2. The molecule has 0 radical (unpaired) electrons. The van der Waals surface area contributed by atoms with Crippen molar-refractivity contribution in [1.82, 2.24) is 31.0 Å². The van der Waals surface area contributed by atoms with Crippen molar-refractivity contribution >= 4 is 11.8 Å². The maximum atomic E-state index is 12.6. The molecule has 3 N–H and O–H groups in total. The van der Waals surface area contributed by atoms with Crippen LogP contribution in [-0.4, -0.2) is 58.4 Å². The highest BCUT2D eigenvalue weighted by Crippen LogP contribution is 2.27. The van der Waals surface area contributed by atoms with Crippen molar-refractivity contribution in [2.24, 2.45) is 5.92 Å². The Hall–Kier alpha value is -2.84. The van der Waals surface area contributed by atoms with Crippen molar-refractivity contribution in [2.75, 3.05) is 19.6 Å². The van der Waals surface area contributed by atoms with Gasteiger partial charge in [0.1, 0.15) is 5.69 Å². The van der Waals surface area contributed by atoms with E-state index in [0.29, 0.717) is 54.8 Å². The minimum Gasteiger partial charge on any atom is -0.352 e. The molecule has 2 aliphatic rings. The SMILES string of the molecule is CC1NNC(C)C1CNC(=O)c1ccc(C2CCN(C(=O)c3ccccn3)CC2)nc1. The Morgan fingerprint density at radius 1 is 1.06 bits per heavy atom. The van der Waals surface area contributed by atoms with Crippen molar-refractivity contribution in [2.45, 2.75) is 44.7 Å². The van der Waals surface area contributed by atoms with Crippen molar-refractivity contribution in [3.63, 3.8) is 0 Å². The third kappa shape index (κ3) is 4.91. The highest BCUT2D eigenvalue weighted by Gasteiger charge is 2.30. The Bertz CT molecular complexity index is 886. The van der Waals surface area contributed by atoms with Gasteiger partial charge in [0.15, 0.2) is 0 Å². The molecule has 0 spiro atoms. The Morgan fingerprint density at radius 2 is 1.81 bits per heavy atom. The van der Waals surface area contributed by atoms with E-state index >= 15 is 0 Å². The van der Waals surface area contributed by atoms with Crippen LogP contribution < -0.4 is 16.2 Å². The zero-order valence-electron chi connectivity index (χ0n) is 18.0. The molecule has 0 saturated carbocycles. The quantitative estimate of drug-likeness (QED) is 0.679. The largest absolute Gasteiger partial charge is 0.352 e. The predicted molar refractivity (Wildman–Crippen MR) is 117 cm³/mol. The van der Waals surface area contributed by atoms with Gasteiger partial charge in [-0.1, -0.05) is 6.07 Å². The number of rotatable bonds is 5. The van der Waals surface area contributed by atoms with Gasteiger partial charge < -0.3 is 10.2 Å². The monoisotopic (exact) mass is 422 g/mol. The van der Waals surface area contributed by atoms with Gasteiger partial charge in [0, 0.05) is 61.6 Å². The Balaban J connectivity index is 1.28. The minimum absolute atomic E-state index is 0.0182. The molecule has 0 bridgehead atoms. The lowest BCUT2D eigenvalue weighted by atomic mass is 9.92. The summed E-state index contributed by atoms with van der Waals surface area (Å²) in [4.78, 5) is 35.6. The van der Waals surface area contributed by atoms with Crippen LogP contribution in [0.2, 0.25) is 0 Å². The Morgan fingerprint density at radius 3 is 2.42 bits per heavy atom. The van der Waals surface area contributed by atoms with Crippen molar-refractivity contribution in [3.8, 4) is 0 Å². The van der Waals surface area contributed by atoms with Crippen LogP contribution in [0.4, 0.5) is 0 Å². The van der Waals surface area contributed by atoms with Gasteiger partial charge >= 0.3 is 0 Å². The first-order valence-electron chi connectivity index (χ1n) is 11.0. The van der Waals surface area contributed by atoms with Crippen LogP contribution in [0.15, 0.2) is 42.7 Å². The molecule has 2 aromatic heterocycles. The fourth-order valence-electron chi connectivity index (χ4n) is 4.39. The van der Waals surface area contributed by atoms with E-state index in [9.17, 15) is 9.59 Å². The first kappa shape index (κ1) is 21.4. The Labute approximate surface area is 182 Å². The summed E-state index contributed by atoms with van der Waals surface area (Å²) in [6.07, 6.45) is 5.02.